The SMILES string of the molecule is CCCn1cccc1CN[C@@H](C)c1ccccn1. The van der Waals surface area contributed by atoms with Gasteiger partial charge in [0.1, 0.15) is 0 Å². The van der Waals surface area contributed by atoms with E-state index in [9.17, 15) is 0 Å². The van der Waals surface area contributed by atoms with Crippen LogP contribution in [-0.4, -0.2) is 9.55 Å². The average molecular weight is 243 g/mol. The van der Waals surface area contributed by atoms with Gasteiger partial charge in [0, 0.05) is 37.2 Å². The lowest BCUT2D eigenvalue weighted by atomic mass is 10.2. The maximum absolute atomic E-state index is 4.37. The fourth-order valence-corrected chi connectivity index (χ4v) is 2.06. The fraction of sp³-hybridized carbons (Fsp3) is 0.400. The molecule has 1 N–H and O–H groups in total. The summed E-state index contributed by atoms with van der Waals surface area (Å²) in [6, 6.07) is 10.6. The molecule has 0 amide bonds. The standard InChI is InChI=1S/C15H21N3/c1-3-10-18-11-6-7-14(18)12-17-13(2)15-8-4-5-9-16-15/h4-9,11,13,17H,3,10,12H2,1-2H3/t13-/m0/s1. The van der Waals surface area contributed by atoms with Gasteiger partial charge in [-0.25, -0.2) is 0 Å². The van der Waals surface area contributed by atoms with Crippen LogP contribution in [0.15, 0.2) is 42.7 Å². The van der Waals surface area contributed by atoms with Crippen LogP contribution in [0.4, 0.5) is 0 Å². The molecule has 0 radical (unpaired) electrons. The van der Waals surface area contributed by atoms with Crippen molar-refractivity contribution in [1.82, 2.24) is 14.9 Å². The Bertz CT molecular complexity index is 462. The summed E-state index contributed by atoms with van der Waals surface area (Å²) in [4.78, 5) is 4.37. The predicted molar refractivity (Wildman–Crippen MR) is 74.2 cm³/mol. The monoisotopic (exact) mass is 243 g/mol. The molecule has 0 fully saturated rings. The first kappa shape index (κ1) is 12.8. The minimum Gasteiger partial charge on any atom is -0.350 e. The molecular formula is C15H21N3. The molecular weight excluding hydrogens is 222 g/mol. The third kappa shape index (κ3) is 3.20. The molecule has 3 nitrogen and oxygen atoms in total. The number of aryl methyl sites for hydroxylation is 1. The third-order valence-corrected chi connectivity index (χ3v) is 3.11. The van der Waals surface area contributed by atoms with E-state index in [1.165, 1.54) is 5.69 Å². The van der Waals surface area contributed by atoms with Crippen molar-refractivity contribution in [3.05, 3.63) is 54.1 Å². The first-order valence-corrected chi connectivity index (χ1v) is 6.59. The van der Waals surface area contributed by atoms with Crippen LogP contribution in [0.2, 0.25) is 0 Å². The lowest BCUT2D eigenvalue weighted by Gasteiger charge is -2.14. The zero-order valence-corrected chi connectivity index (χ0v) is 11.1. The van der Waals surface area contributed by atoms with Crippen LogP contribution in [0, 0.1) is 0 Å². The molecule has 2 aromatic heterocycles. The molecule has 3 heteroatoms. The maximum Gasteiger partial charge on any atom is 0.0570 e. The highest BCUT2D eigenvalue weighted by Crippen LogP contribution is 2.10. The maximum atomic E-state index is 4.37. The molecule has 1 atom stereocenters. The van der Waals surface area contributed by atoms with Gasteiger partial charge in [0.05, 0.1) is 5.69 Å². The summed E-state index contributed by atoms with van der Waals surface area (Å²) in [5.74, 6) is 0. The molecule has 2 rings (SSSR count). The molecule has 0 unspecified atom stereocenters. The van der Waals surface area contributed by atoms with E-state index in [4.69, 9.17) is 0 Å². The van der Waals surface area contributed by atoms with Crippen molar-refractivity contribution in [1.29, 1.82) is 0 Å². The Morgan fingerprint density at radius 1 is 1.28 bits per heavy atom. The Kier molecular flexibility index (Phi) is 4.53. The van der Waals surface area contributed by atoms with Crippen LogP contribution in [-0.2, 0) is 13.1 Å². The highest BCUT2D eigenvalue weighted by atomic mass is 15.0. The first-order chi connectivity index (χ1) is 8.81. The molecule has 0 aliphatic heterocycles. The summed E-state index contributed by atoms with van der Waals surface area (Å²) in [6.45, 7) is 6.32. The summed E-state index contributed by atoms with van der Waals surface area (Å²) in [7, 11) is 0. The zero-order valence-electron chi connectivity index (χ0n) is 11.1. The van der Waals surface area contributed by atoms with Gasteiger partial charge in [-0.15, -0.1) is 0 Å². The van der Waals surface area contributed by atoms with Gasteiger partial charge in [-0.1, -0.05) is 13.0 Å². The lowest BCUT2D eigenvalue weighted by molar-refractivity contribution is 0.533. The Labute approximate surface area is 109 Å². The van der Waals surface area contributed by atoms with Gasteiger partial charge in [-0.05, 0) is 37.6 Å². The molecule has 0 aliphatic carbocycles. The minimum absolute atomic E-state index is 0.274. The number of hydrogen-bond donors (Lipinski definition) is 1. The molecule has 2 aromatic rings. The Hall–Kier alpha value is -1.61. The molecule has 18 heavy (non-hydrogen) atoms. The predicted octanol–water partition coefficient (Wildman–Crippen LogP) is 3.14. The normalized spacial score (nSPS) is 12.6. The number of pyridine rings is 1. The number of aromatic nitrogens is 2. The second-order valence-electron chi connectivity index (χ2n) is 4.55. The van der Waals surface area contributed by atoms with E-state index in [2.05, 4.69) is 53.1 Å². The van der Waals surface area contributed by atoms with Crippen molar-refractivity contribution in [2.24, 2.45) is 0 Å². The van der Waals surface area contributed by atoms with Gasteiger partial charge in [-0.3, -0.25) is 4.98 Å². The first-order valence-electron chi connectivity index (χ1n) is 6.59. The summed E-state index contributed by atoms with van der Waals surface area (Å²) >= 11 is 0. The molecule has 0 aliphatic rings. The molecule has 0 saturated heterocycles. The highest BCUT2D eigenvalue weighted by molar-refractivity contribution is 5.10. The van der Waals surface area contributed by atoms with Crippen LogP contribution in [0.1, 0.15) is 37.7 Å². The second-order valence-corrected chi connectivity index (χ2v) is 4.55. The van der Waals surface area contributed by atoms with Gasteiger partial charge in [-0.2, -0.15) is 0 Å². The summed E-state index contributed by atoms with van der Waals surface area (Å²) in [5.41, 5.74) is 2.42. The number of nitrogens with one attached hydrogen (secondary N) is 1. The highest BCUT2D eigenvalue weighted by Gasteiger charge is 2.06. The number of hydrogen-bond acceptors (Lipinski definition) is 2. The summed E-state index contributed by atoms with van der Waals surface area (Å²) in [5, 5.41) is 3.52. The lowest BCUT2D eigenvalue weighted by Crippen LogP contribution is -2.20. The van der Waals surface area contributed by atoms with Gasteiger partial charge in [0.2, 0.25) is 0 Å². The van der Waals surface area contributed by atoms with Crippen molar-refractivity contribution >= 4 is 0 Å². The van der Waals surface area contributed by atoms with E-state index >= 15 is 0 Å². The van der Waals surface area contributed by atoms with Crippen LogP contribution in [0.3, 0.4) is 0 Å². The van der Waals surface area contributed by atoms with E-state index in [-0.39, 0.29) is 6.04 Å². The molecule has 0 bridgehead atoms. The van der Waals surface area contributed by atoms with Crippen LogP contribution in [0.25, 0.3) is 0 Å². The quantitative estimate of drug-likeness (QED) is 0.844. The molecule has 2 heterocycles. The van der Waals surface area contributed by atoms with Crippen molar-refractivity contribution < 1.29 is 0 Å². The third-order valence-electron chi connectivity index (χ3n) is 3.11. The van der Waals surface area contributed by atoms with Crippen molar-refractivity contribution in [2.45, 2.75) is 39.4 Å². The number of rotatable bonds is 6. The van der Waals surface area contributed by atoms with E-state index in [0.29, 0.717) is 0 Å². The van der Waals surface area contributed by atoms with Crippen molar-refractivity contribution in [3.63, 3.8) is 0 Å². The Balaban J connectivity index is 1.93. The van der Waals surface area contributed by atoms with E-state index in [0.717, 1.165) is 25.2 Å². The molecule has 96 valence electrons. The second kappa shape index (κ2) is 6.36. The van der Waals surface area contributed by atoms with Crippen molar-refractivity contribution in [3.8, 4) is 0 Å². The molecule has 0 spiro atoms. The minimum atomic E-state index is 0.274. The van der Waals surface area contributed by atoms with Crippen molar-refractivity contribution in [2.75, 3.05) is 0 Å². The summed E-state index contributed by atoms with van der Waals surface area (Å²) < 4.78 is 2.30. The van der Waals surface area contributed by atoms with Crippen LogP contribution >= 0.6 is 0 Å². The Morgan fingerprint density at radius 3 is 2.89 bits per heavy atom. The number of nitrogens with zero attached hydrogens (tertiary/aromatic N) is 2. The van der Waals surface area contributed by atoms with Crippen LogP contribution < -0.4 is 5.32 Å². The van der Waals surface area contributed by atoms with Gasteiger partial charge in [0.25, 0.3) is 0 Å². The molecule has 0 saturated carbocycles. The largest absolute Gasteiger partial charge is 0.350 e. The Morgan fingerprint density at radius 2 is 2.17 bits per heavy atom. The van der Waals surface area contributed by atoms with E-state index in [1.54, 1.807) is 0 Å². The average Bonchev–Trinajstić information content (AvgIpc) is 2.85. The van der Waals surface area contributed by atoms with E-state index in [1.807, 2.05) is 18.3 Å². The van der Waals surface area contributed by atoms with E-state index < -0.39 is 0 Å². The smallest absolute Gasteiger partial charge is 0.0570 e. The van der Waals surface area contributed by atoms with Gasteiger partial charge < -0.3 is 9.88 Å². The van der Waals surface area contributed by atoms with Crippen LogP contribution in [0.5, 0.6) is 0 Å². The van der Waals surface area contributed by atoms with Gasteiger partial charge >= 0.3 is 0 Å². The van der Waals surface area contributed by atoms with Gasteiger partial charge in [0.15, 0.2) is 0 Å². The summed E-state index contributed by atoms with van der Waals surface area (Å²) in [6.07, 6.45) is 5.15. The molecule has 0 aromatic carbocycles. The zero-order chi connectivity index (χ0) is 12.8. The fourth-order valence-electron chi connectivity index (χ4n) is 2.06. The topological polar surface area (TPSA) is 29.9 Å².